The SMILES string of the molecule is Cc1cccc(N2CCN([C@H](c3cc4c(C)ccc(C)c4[nH]c3=O)c3nnnn3C3CCCC3)CC2)c1C. The second-order valence-electron chi connectivity index (χ2n) is 11.1. The number of rotatable bonds is 5. The van der Waals surface area contributed by atoms with E-state index in [1.165, 1.54) is 29.7 Å². The summed E-state index contributed by atoms with van der Waals surface area (Å²) in [5.74, 6) is 0.784. The lowest BCUT2D eigenvalue weighted by Gasteiger charge is -2.40. The standard InChI is InChI=1S/C30H37N7O/c1-19-8-7-11-26(22(19)4)35-14-16-36(17-15-35)28(29-32-33-34-37(29)23-9-5-6-10-23)25-18-24-20(2)12-13-21(3)27(24)31-30(25)38/h7-8,11-13,18,23,28H,5-6,9-10,14-17H2,1-4H3,(H,31,38)/t28-/m1/s1. The molecule has 2 fully saturated rings. The fourth-order valence-electron chi connectivity index (χ4n) is 6.38. The number of aryl methyl sites for hydroxylation is 3. The van der Waals surface area contributed by atoms with E-state index in [0.717, 1.165) is 72.4 Å². The van der Waals surface area contributed by atoms with Crippen LogP contribution in [-0.2, 0) is 0 Å². The van der Waals surface area contributed by atoms with Gasteiger partial charge in [0.05, 0.1) is 11.6 Å². The van der Waals surface area contributed by atoms with Gasteiger partial charge in [0, 0.05) is 42.8 Å². The van der Waals surface area contributed by atoms with Crippen LogP contribution < -0.4 is 10.5 Å². The Hall–Kier alpha value is -3.52. The summed E-state index contributed by atoms with van der Waals surface area (Å²) in [6.45, 7) is 11.9. The summed E-state index contributed by atoms with van der Waals surface area (Å²) in [4.78, 5) is 21.8. The molecular formula is C30H37N7O. The number of piperazine rings is 1. The zero-order valence-electron chi connectivity index (χ0n) is 22.9. The van der Waals surface area contributed by atoms with Crippen molar-refractivity contribution in [3.8, 4) is 0 Å². The maximum Gasteiger partial charge on any atom is 0.253 e. The van der Waals surface area contributed by atoms with E-state index >= 15 is 0 Å². The van der Waals surface area contributed by atoms with E-state index in [-0.39, 0.29) is 11.6 Å². The number of fused-ring (bicyclic) bond motifs is 1. The predicted octanol–water partition coefficient (Wildman–Crippen LogP) is 4.77. The van der Waals surface area contributed by atoms with E-state index in [0.29, 0.717) is 6.04 Å². The van der Waals surface area contributed by atoms with Gasteiger partial charge in [0.25, 0.3) is 5.56 Å². The number of anilines is 1. The highest BCUT2D eigenvalue weighted by atomic mass is 16.1. The van der Waals surface area contributed by atoms with Gasteiger partial charge in [-0.3, -0.25) is 9.69 Å². The van der Waals surface area contributed by atoms with Crippen molar-refractivity contribution in [1.29, 1.82) is 0 Å². The minimum atomic E-state index is -0.306. The quantitative estimate of drug-likeness (QED) is 0.415. The van der Waals surface area contributed by atoms with Gasteiger partial charge in [-0.2, -0.15) is 0 Å². The Morgan fingerprint density at radius 3 is 2.42 bits per heavy atom. The zero-order chi connectivity index (χ0) is 26.4. The van der Waals surface area contributed by atoms with Gasteiger partial charge >= 0.3 is 0 Å². The fourth-order valence-corrected chi connectivity index (χ4v) is 6.38. The number of aromatic nitrogens is 5. The molecule has 1 N–H and O–H groups in total. The number of nitrogens with zero attached hydrogens (tertiary/aromatic N) is 6. The van der Waals surface area contributed by atoms with E-state index < -0.39 is 0 Å². The molecule has 38 heavy (non-hydrogen) atoms. The molecule has 2 aromatic heterocycles. The number of pyridine rings is 1. The molecule has 1 saturated carbocycles. The second kappa shape index (κ2) is 9.98. The number of aromatic amines is 1. The highest BCUT2D eigenvalue weighted by Crippen LogP contribution is 2.35. The van der Waals surface area contributed by atoms with Crippen molar-refractivity contribution < 1.29 is 0 Å². The van der Waals surface area contributed by atoms with Crippen LogP contribution in [0.3, 0.4) is 0 Å². The molecule has 6 rings (SSSR count). The van der Waals surface area contributed by atoms with Crippen molar-refractivity contribution in [3.63, 3.8) is 0 Å². The molecule has 3 heterocycles. The average Bonchev–Trinajstić information content (AvgIpc) is 3.62. The number of hydrogen-bond donors (Lipinski definition) is 1. The minimum absolute atomic E-state index is 0.0610. The van der Waals surface area contributed by atoms with Crippen molar-refractivity contribution in [3.05, 3.63) is 80.4 Å². The molecule has 0 bridgehead atoms. The average molecular weight is 512 g/mol. The first-order valence-corrected chi connectivity index (χ1v) is 13.9. The first-order chi connectivity index (χ1) is 18.4. The van der Waals surface area contributed by atoms with Gasteiger partial charge in [-0.25, -0.2) is 4.68 Å². The van der Waals surface area contributed by atoms with Crippen molar-refractivity contribution in [2.24, 2.45) is 0 Å². The summed E-state index contributed by atoms with van der Waals surface area (Å²) in [6, 6.07) is 12.8. The third-order valence-electron chi connectivity index (χ3n) is 8.80. The molecule has 1 aliphatic heterocycles. The Kier molecular flexibility index (Phi) is 6.51. The van der Waals surface area contributed by atoms with Gasteiger partial charge in [0.1, 0.15) is 6.04 Å². The fraction of sp³-hybridized carbons (Fsp3) is 0.467. The van der Waals surface area contributed by atoms with Crippen molar-refractivity contribution in [2.45, 2.75) is 65.5 Å². The Morgan fingerprint density at radius 1 is 0.921 bits per heavy atom. The number of tetrazole rings is 1. The normalized spacial score (nSPS) is 17.9. The lowest BCUT2D eigenvalue weighted by atomic mass is 9.98. The molecule has 1 atom stereocenters. The van der Waals surface area contributed by atoms with E-state index in [9.17, 15) is 4.79 Å². The molecular weight excluding hydrogens is 474 g/mol. The molecule has 0 amide bonds. The maximum absolute atomic E-state index is 13.7. The highest BCUT2D eigenvalue weighted by Gasteiger charge is 2.35. The Balaban J connectivity index is 1.41. The molecule has 1 aliphatic carbocycles. The zero-order valence-corrected chi connectivity index (χ0v) is 22.9. The van der Waals surface area contributed by atoms with Gasteiger partial charge in [0.2, 0.25) is 0 Å². The molecule has 0 unspecified atom stereocenters. The van der Waals surface area contributed by atoms with Crippen LogP contribution in [-0.4, -0.2) is 56.3 Å². The smallest absolute Gasteiger partial charge is 0.253 e. The molecule has 2 aromatic carbocycles. The van der Waals surface area contributed by atoms with Gasteiger partial charge in [-0.1, -0.05) is 37.1 Å². The van der Waals surface area contributed by atoms with Crippen molar-refractivity contribution in [2.75, 3.05) is 31.1 Å². The topological polar surface area (TPSA) is 82.9 Å². The van der Waals surface area contributed by atoms with Crippen LogP contribution in [0.2, 0.25) is 0 Å². The summed E-state index contributed by atoms with van der Waals surface area (Å²) in [5, 5.41) is 14.2. The first-order valence-electron chi connectivity index (χ1n) is 13.9. The third kappa shape index (κ3) is 4.30. The van der Waals surface area contributed by atoms with E-state index in [4.69, 9.17) is 0 Å². The van der Waals surface area contributed by atoms with Crippen LogP contribution in [0.1, 0.15) is 71.4 Å². The largest absolute Gasteiger partial charge is 0.369 e. The van der Waals surface area contributed by atoms with Gasteiger partial charge in [-0.15, -0.1) is 5.10 Å². The van der Waals surface area contributed by atoms with E-state index in [1.807, 2.05) is 11.6 Å². The molecule has 0 radical (unpaired) electrons. The predicted molar refractivity (Wildman–Crippen MR) is 151 cm³/mol. The summed E-state index contributed by atoms with van der Waals surface area (Å²) in [5.41, 5.74) is 7.74. The molecule has 2 aliphatic rings. The summed E-state index contributed by atoms with van der Waals surface area (Å²) in [7, 11) is 0. The van der Waals surface area contributed by atoms with Crippen LogP contribution in [0.5, 0.6) is 0 Å². The lowest BCUT2D eigenvalue weighted by molar-refractivity contribution is 0.196. The molecule has 198 valence electrons. The Morgan fingerprint density at radius 2 is 1.66 bits per heavy atom. The summed E-state index contributed by atoms with van der Waals surface area (Å²) >= 11 is 0. The van der Waals surface area contributed by atoms with Crippen molar-refractivity contribution >= 4 is 16.6 Å². The number of hydrogen-bond acceptors (Lipinski definition) is 6. The number of nitrogens with one attached hydrogen (secondary N) is 1. The van der Waals surface area contributed by atoms with Gasteiger partial charge in [0.15, 0.2) is 5.82 Å². The highest BCUT2D eigenvalue weighted by molar-refractivity contribution is 5.85. The summed E-state index contributed by atoms with van der Waals surface area (Å²) in [6.07, 6.45) is 4.55. The molecule has 8 nitrogen and oxygen atoms in total. The lowest BCUT2D eigenvalue weighted by Crippen LogP contribution is -2.49. The number of H-pyrrole nitrogens is 1. The van der Waals surface area contributed by atoms with Crippen LogP contribution in [0.25, 0.3) is 10.9 Å². The van der Waals surface area contributed by atoms with Crippen LogP contribution in [0, 0.1) is 27.7 Å². The molecule has 0 spiro atoms. The third-order valence-corrected chi connectivity index (χ3v) is 8.80. The first kappa shape index (κ1) is 24.8. The molecule has 1 saturated heterocycles. The van der Waals surface area contributed by atoms with Crippen LogP contribution >= 0.6 is 0 Å². The van der Waals surface area contributed by atoms with Crippen LogP contribution in [0.15, 0.2) is 41.2 Å². The minimum Gasteiger partial charge on any atom is -0.369 e. The number of benzene rings is 2. The Bertz CT molecular complexity index is 1520. The van der Waals surface area contributed by atoms with Crippen LogP contribution in [0.4, 0.5) is 5.69 Å². The van der Waals surface area contributed by atoms with Gasteiger partial charge < -0.3 is 9.88 Å². The van der Waals surface area contributed by atoms with E-state index in [2.05, 4.69) is 87.5 Å². The second-order valence-corrected chi connectivity index (χ2v) is 11.1. The summed E-state index contributed by atoms with van der Waals surface area (Å²) < 4.78 is 2.02. The van der Waals surface area contributed by atoms with E-state index in [1.54, 1.807) is 0 Å². The Labute approximate surface area is 223 Å². The molecule has 8 heteroatoms. The maximum atomic E-state index is 13.7. The molecule has 4 aromatic rings. The van der Waals surface area contributed by atoms with Gasteiger partial charge in [-0.05, 0) is 85.3 Å². The monoisotopic (exact) mass is 511 g/mol. The van der Waals surface area contributed by atoms with Crippen molar-refractivity contribution in [1.82, 2.24) is 30.1 Å².